The molecule has 3 saturated heterocycles. The normalized spacial score (nSPS) is 15.1. The average molecular weight is 1270 g/mol. The van der Waals surface area contributed by atoms with Crippen molar-refractivity contribution in [1.82, 2.24) is 29.9 Å². The number of hydrogen-bond acceptors (Lipinski definition) is 22. The minimum absolute atomic E-state index is 0.0245. The summed E-state index contributed by atoms with van der Waals surface area (Å²) >= 11 is 3.52. The highest BCUT2D eigenvalue weighted by atomic mass is 32.1. The number of fused-ring (bicyclic) bond motifs is 1. The fourth-order valence-electron chi connectivity index (χ4n) is 10.7. The summed E-state index contributed by atoms with van der Waals surface area (Å²) in [6, 6.07) is 12.2. The van der Waals surface area contributed by atoms with E-state index in [-0.39, 0.29) is 63.4 Å². The molecule has 3 aliphatic heterocycles. The number of aryl methyl sites for hydroxylation is 4. The molecule has 464 valence electrons. The molecule has 0 atom stereocenters. The van der Waals surface area contributed by atoms with Gasteiger partial charge in [-0.3, -0.25) is 64.5 Å². The molecule has 0 bridgehead atoms. The van der Waals surface area contributed by atoms with Crippen molar-refractivity contribution < 1.29 is 61.0 Å². The number of furan rings is 3. The quantitative estimate of drug-likeness (QED) is 0.0713. The molecular weight excluding hydrogens is 1210 g/mol. The van der Waals surface area contributed by atoms with Crippen molar-refractivity contribution in [3.8, 4) is 34.0 Å². The summed E-state index contributed by atoms with van der Waals surface area (Å²) in [5.41, 5.74) is 8.28. The minimum Gasteiger partial charge on any atom is -0.472 e. The number of amides is 3. The predicted octanol–water partition coefficient (Wildman–Crippen LogP) is 12.5. The van der Waals surface area contributed by atoms with E-state index in [1.54, 1.807) is 68.4 Å². The summed E-state index contributed by atoms with van der Waals surface area (Å²) in [6.45, 7) is 8.59. The van der Waals surface area contributed by atoms with Crippen LogP contribution in [0.3, 0.4) is 0 Å². The first-order valence-corrected chi connectivity index (χ1v) is 32.0. The number of anilines is 3. The molecule has 0 unspecified atom stereocenters. The number of aromatic nitrogens is 6. The number of carbonyl (C=O) groups is 7. The maximum atomic E-state index is 13.2. The van der Waals surface area contributed by atoms with Gasteiger partial charge < -0.3 is 27.5 Å². The van der Waals surface area contributed by atoms with E-state index in [0.29, 0.717) is 154 Å². The molecule has 3 fully saturated rings. The maximum absolute atomic E-state index is 13.2. The van der Waals surface area contributed by atoms with Crippen LogP contribution in [0.4, 0.5) is 15.4 Å². The number of rotatable bonds is 17. The second-order valence-electron chi connectivity index (χ2n) is 21.7. The van der Waals surface area contributed by atoms with Crippen molar-refractivity contribution in [2.75, 3.05) is 55.6 Å². The molecule has 0 spiro atoms. The fraction of sp³-hybridized carbons (Fsp3) is 0.338. The number of nitrogens with zero attached hydrogens (tertiary/aromatic N) is 6. The van der Waals surface area contributed by atoms with Crippen molar-refractivity contribution in [3.63, 3.8) is 0 Å². The van der Waals surface area contributed by atoms with Gasteiger partial charge in [-0.1, -0.05) is 40.9 Å². The number of ether oxygens (including phenoxy) is 3. The lowest BCUT2D eigenvalue weighted by atomic mass is 9.93. The van der Waals surface area contributed by atoms with Gasteiger partial charge in [-0.15, -0.1) is 0 Å². The Hall–Kier alpha value is -8.85. The molecule has 4 aliphatic rings. The standard InChI is InChI=1S/C22H21N3O5S.C22H21N3O4S.C21H21N3O4S/c1-12-16(13(2)26)10-15(11-23-12)21(28)25-22-24-18(17-4-3-7-30-17)20(31-22)19(27)14-5-8-29-9-6-14;26-19(13-4-7-28-8-5-13)20-18(15-6-9-29-12-15)24-22(30-20)25-21(27)16-10-14-2-1-3-17(14)23-11-16;1-2-13-9-16(11-22-10-13)20(26)24-21-23-17(15-5-8-28-12-15)19(29-21)18(25)14-3-6-27-7-4-14/h3-4,7,10-11,14H,5-6,8-9H2,1-2H3,(H,24,25,28);6,9-13H,1-5,7-8H2,(H,24,25,27);5,8-12,14H,2-4,6-7H2,1H3,(H,23,24,26). The maximum Gasteiger partial charge on any atom is 0.259 e. The summed E-state index contributed by atoms with van der Waals surface area (Å²) in [7, 11) is 0. The van der Waals surface area contributed by atoms with Crippen LogP contribution in [0.25, 0.3) is 34.0 Å². The smallest absolute Gasteiger partial charge is 0.259 e. The van der Waals surface area contributed by atoms with Gasteiger partial charge in [0.1, 0.15) is 20.3 Å². The zero-order chi connectivity index (χ0) is 62.7. The highest BCUT2D eigenvalue weighted by molar-refractivity contribution is 7.19. The van der Waals surface area contributed by atoms with Crippen molar-refractivity contribution in [3.05, 3.63) is 158 Å². The van der Waals surface area contributed by atoms with Crippen LogP contribution in [0.5, 0.6) is 0 Å². The molecule has 25 heteroatoms. The molecule has 9 aromatic heterocycles. The number of Topliss-reactive ketones (excluding diaryl/α,β-unsaturated/α-hetero) is 4. The zero-order valence-corrected chi connectivity index (χ0v) is 51.9. The molecule has 3 N–H and O–H groups in total. The van der Waals surface area contributed by atoms with Crippen LogP contribution in [-0.4, -0.2) is 110 Å². The topological polar surface area (TPSA) is 300 Å². The number of carbonyl (C=O) groups excluding carboxylic acids is 7. The zero-order valence-electron chi connectivity index (χ0n) is 49.5. The Morgan fingerprint density at radius 2 is 1.03 bits per heavy atom. The van der Waals surface area contributed by atoms with Crippen LogP contribution in [0.1, 0.15) is 152 Å². The Morgan fingerprint density at radius 1 is 0.556 bits per heavy atom. The van der Waals surface area contributed by atoms with Gasteiger partial charge in [0, 0.05) is 110 Å². The SMILES string of the molecule is CC(=O)c1cc(C(=O)Nc2nc(-c3ccco3)c(C(=O)C3CCOCC3)s2)cnc1C.CCc1cncc(C(=O)Nc2nc(-c3ccoc3)c(C(=O)C3CCOCC3)s2)c1.O=C(Nc1nc(-c2ccoc2)c(C(=O)C2CCOCC2)s1)c1cnc2c(c1)CCC2. The lowest BCUT2D eigenvalue weighted by Gasteiger charge is -2.20. The van der Waals surface area contributed by atoms with Gasteiger partial charge in [0.25, 0.3) is 17.7 Å². The average Bonchev–Trinajstić information content (AvgIpc) is 1.77. The Labute approximate surface area is 528 Å². The summed E-state index contributed by atoms with van der Waals surface area (Å²) in [6.07, 6.45) is 21.9. The van der Waals surface area contributed by atoms with Crippen LogP contribution in [0.2, 0.25) is 0 Å². The monoisotopic (exact) mass is 1270 g/mol. The minimum atomic E-state index is -0.459. The van der Waals surface area contributed by atoms with E-state index >= 15 is 0 Å². The van der Waals surface area contributed by atoms with Crippen LogP contribution in [-0.2, 0) is 33.5 Å². The summed E-state index contributed by atoms with van der Waals surface area (Å²) in [4.78, 5) is 117. The summed E-state index contributed by atoms with van der Waals surface area (Å²) < 4.78 is 31.9. The summed E-state index contributed by atoms with van der Waals surface area (Å²) in [5.74, 6) is -1.00. The Balaban J connectivity index is 0.000000139. The summed E-state index contributed by atoms with van der Waals surface area (Å²) in [5, 5.41) is 9.43. The van der Waals surface area contributed by atoms with Gasteiger partial charge >= 0.3 is 0 Å². The highest BCUT2D eigenvalue weighted by Gasteiger charge is 2.33. The Morgan fingerprint density at radius 3 is 1.50 bits per heavy atom. The van der Waals surface area contributed by atoms with Gasteiger partial charge in [-0.2, -0.15) is 0 Å². The molecule has 0 aromatic carbocycles. The van der Waals surface area contributed by atoms with Gasteiger partial charge in [-0.25, -0.2) is 15.0 Å². The number of pyridine rings is 3. The second kappa shape index (κ2) is 29.2. The number of hydrogen-bond donors (Lipinski definition) is 3. The van der Waals surface area contributed by atoms with Crippen molar-refractivity contribution in [1.29, 1.82) is 0 Å². The van der Waals surface area contributed by atoms with Crippen molar-refractivity contribution in [2.45, 2.75) is 85.0 Å². The van der Waals surface area contributed by atoms with Gasteiger partial charge in [0.15, 0.2) is 44.3 Å². The van der Waals surface area contributed by atoms with Gasteiger partial charge in [-0.05, 0) is 132 Å². The molecule has 12 heterocycles. The van der Waals surface area contributed by atoms with Crippen LogP contribution < -0.4 is 16.0 Å². The fourth-order valence-corrected chi connectivity index (χ4v) is 13.7. The Bertz CT molecular complexity index is 4040. The lowest BCUT2D eigenvalue weighted by molar-refractivity contribution is 0.0546. The van der Waals surface area contributed by atoms with Gasteiger partial charge in [0.05, 0.1) is 59.4 Å². The third-order valence-corrected chi connectivity index (χ3v) is 18.7. The van der Waals surface area contributed by atoms with Gasteiger partial charge in [0.2, 0.25) is 0 Å². The third-order valence-electron chi connectivity index (χ3n) is 15.7. The highest BCUT2D eigenvalue weighted by Crippen LogP contribution is 2.39. The number of ketones is 4. The van der Waals surface area contributed by atoms with E-state index in [1.807, 2.05) is 13.0 Å². The molecule has 13 rings (SSSR count). The molecule has 90 heavy (non-hydrogen) atoms. The van der Waals surface area contributed by atoms with E-state index in [1.165, 1.54) is 60.6 Å². The van der Waals surface area contributed by atoms with Crippen molar-refractivity contribution >= 4 is 90.3 Å². The first-order chi connectivity index (χ1) is 43.8. The second-order valence-corrected chi connectivity index (χ2v) is 24.7. The molecule has 0 saturated carbocycles. The Kier molecular flexibility index (Phi) is 20.4. The molecule has 9 aromatic rings. The van der Waals surface area contributed by atoms with E-state index in [9.17, 15) is 33.6 Å². The first-order valence-electron chi connectivity index (χ1n) is 29.6. The molecule has 1 aliphatic carbocycles. The predicted molar refractivity (Wildman–Crippen MR) is 336 cm³/mol. The lowest BCUT2D eigenvalue weighted by Crippen LogP contribution is -2.23. The number of nitrogens with one attached hydrogen (secondary N) is 3. The van der Waals surface area contributed by atoms with E-state index in [0.717, 1.165) is 59.4 Å². The third kappa shape index (κ3) is 14.9. The van der Waals surface area contributed by atoms with E-state index in [4.69, 9.17) is 27.5 Å². The largest absolute Gasteiger partial charge is 0.472 e. The molecule has 3 amide bonds. The molecular formula is C65H63N9O13S3. The van der Waals surface area contributed by atoms with Crippen LogP contribution in [0.15, 0.2) is 112 Å². The van der Waals surface area contributed by atoms with Crippen LogP contribution in [0, 0.1) is 24.7 Å². The number of thiazole rings is 3. The van der Waals surface area contributed by atoms with E-state index in [2.05, 4.69) is 45.9 Å². The van der Waals surface area contributed by atoms with E-state index < -0.39 is 5.91 Å². The van der Waals surface area contributed by atoms with Crippen LogP contribution >= 0.6 is 34.0 Å². The first kappa shape index (κ1) is 62.7. The van der Waals surface area contributed by atoms with Crippen molar-refractivity contribution in [2.24, 2.45) is 17.8 Å². The molecule has 0 radical (unpaired) electrons. The molecule has 22 nitrogen and oxygen atoms in total.